The fraction of sp³-hybridized carbons (Fsp3) is 0.654. The Morgan fingerprint density at radius 1 is 1.29 bits per heavy atom. The summed E-state index contributed by atoms with van der Waals surface area (Å²) in [5.74, 6) is -5.30. The molecule has 3 heterocycles. The number of nitrogens with zero attached hydrogens (tertiary/aromatic N) is 2. The molecule has 3 unspecified atom stereocenters. The second-order valence-corrected chi connectivity index (χ2v) is 11.5. The molecule has 3 atom stereocenters. The Morgan fingerprint density at radius 3 is 2.61 bits per heavy atom. The fourth-order valence-electron chi connectivity index (χ4n) is 5.93. The molecular formula is C26H33F2N3O7. The van der Waals surface area contributed by atoms with E-state index in [1.54, 1.807) is 20.8 Å². The first-order valence-corrected chi connectivity index (χ1v) is 12.8. The van der Waals surface area contributed by atoms with Crippen molar-refractivity contribution >= 4 is 12.1 Å². The van der Waals surface area contributed by atoms with Gasteiger partial charge in [0.2, 0.25) is 0 Å². The van der Waals surface area contributed by atoms with Gasteiger partial charge in [0.05, 0.1) is 12.2 Å². The second kappa shape index (κ2) is 9.04. The molecule has 2 N–H and O–H groups in total. The lowest BCUT2D eigenvalue weighted by atomic mass is 9.91. The van der Waals surface area contributed by atoms with Gasteiger partial charge in [-0.05, 0) is 40.0 Å². The van der Waals surface area contributed by atoms with Gasteiger partial charge in [-0.2, -0.15) is 4.39 Å². The smallest absolute Gasteiger partial charge is 0.407 e. The number of nitrogens with one attached hydrogen (secondary N) is 1. The fourth-order valence-corrected chi connectivity index (χ4v) is 5.93. The molecule has 38 heavy (non-hydrogen) atoms. The quantitative estimate of drug-likeness (QED) is 0.569. The minimum atomic E-state index is -2.82. The highest BCUT2D eigenvalue weighted by atomic mass is 19.2. The van der Waals surface area contributed by atoms with E-state index in [1.807, 2.05) is 0 Å². The third kappa shape index (κ3) is 4.37. The van der Waals surface area contributed by atoms with Gasteiger partial charge in [0, 0.05) is 56.9 Å². The second-order valence-electron chi connectivity index (χ2n) is 11.5. The maximum Gasteiger partial charge on any atom is 0.407 e. The molecule has 2 aliphatic carbocycles. The number of alkyl halides is 1. The summed E-state index contributed by atoms with van der Waals surface area (Å²) in [6.45, 7) is 6.13. The van der Waals surface area contributed by atoms with Crippen molar-refractivity contribution in [3.05, 3.63) is 44.8 Å². The van der Waals surface area contributed by atoms with Crippen molar-refractivity contribution in [2.75, 3.05) is 33.4 Å². The standard InChI is InChI=1S/C26H33F2N3O7/c1-24(2,3)38-23(35)29-12-25-13-30(10-14(25)7-8-37-25)21-18(27)9-16-19(32)17(22(33)34)11-31(15-5-6-15)20(16)26(21,28)36-4/h11,14-15H,5-10,12-13H2,1-4H3,(H,29,35)(H,33,34). The van der Waals surface area contributed by atoms with Crippen molar-refractivity contribution in [3.63, 3.8) is 0 Å². The number of likely N-dealkylation sites (tertiary alicyclic amines) is 1. The lowest BCUT2D eigenvalue weighted by molar-refractivity contribution is -0.125. The number of amides is 1. The minimum Gasteiger partial charge on any atom is -0.477 e. The molecule has 0 aromatic carbocycles. The van der Waals surface area contributed by atoms with E-state index in [2.05, 4.69) is 5.32 Å². The molecular weight excluding hydrogens is 504 g/mol. The molecule has 0 spiro atoms. The van der Waals surface area contributed by atoms with Crippen LogP contribution in [0.4, 0.5) is 13.6 Å². The zero-order chi connectivity index (χ0) is 27.6. The van der Waals surface area contributed by atoms with Crippen LogP contribution in [-0.4, -0.2) is 71.2 Å². The van der Waals surface area contributed by atoms with E-state index >= 15 is 8.78 Å². The Kier molecular flexibility index (Phi) is 6.33. The van der Waals surface area contributed by atoms with E-state index < -0.39 is 52.4 Å². The topological polar surface area (TPSA) is 119 Å². The number of aromatic nitrogens is 1. The van der Waals surface area contributed by atoms with Crippen LogP contribution >= 0.6 is 0 Å². The molecule has 4 aliphatic rings. The zero-order valence-corrected chi connectivity index (χ0v) is 21.9. The van der Waals surface area contributed by atoms with Gasteiger partial charge in [0.15, 0.2) is 5.43 Å². The molecule has 1 aromatic heterocycles. The third-order valence-corrected chi connectivity index (χ3v) is 7.73. The van der Waals surface area contributed by atoms with Gasteiger partial charge in [0.25, 0.3) is 5.85 Å². The van der Waals surface area contributed by atoms with Crippen LogP contribution in [-0.2, 0) is 26.5 Å². The van der Waals surface area contributed by atoms with Gasteiger partial charge in [0.1, 0.15) is 28.3 Å². The van der Waals surface area contributed by atoms with Crippen molar-refractivity contribution in [2.24, 2.45) is 5.92 Å². The number of ether oxygens (including phenoxy) is 3. The Balaban J connectivity index is 1.50. The number of hydrogen-bond acceptors (Lipinski definition) is 7. The van der Waals surface area contributed by atoms with Crippen LogP contribution in [0.5, 0.6) is 0 Å². The summed E-state index contributed by atoms with van der Waals surface area (Å²) in [5.41, 5.74) is -3.78. The van der Waals surface area contributed by atoms with E-state index in [1.165, 1.54) is 9.47 Å². The highest BCUT2D eigenvalue weighted by Crippen LogP contribution is 2.51. The molecule has 0 radical (unpaired) electrons. The van der Waals surface area contributed by atoms with Crippen molar-refractivity contribution in [1.29, 1.82) is 0 Å². The normalized spacial score (nSPS) is 28.8. The van der Waals surface area contributed by atoms with Gasteiger partial charge in [-0.1, -0.05) is 0 Å². The highest BCUT2D eigenvalue weighted by molar-refractivity contribution is 5.87. The third-order valence-electron chi connectivity index (χ3n) is 7.73. The number of rotatable bonds is 6. The number of halogens is 2. The lowest BCUT2D eigenvalue weighted by Crippen LogP contribution is -2.50. The van der Waals surface area contributed by atoms with E-state index in [-0.39, 0.29) is 48.5 Å². The number of alkyl carbamates (subject to hydrolysis) is 1. The Morgan fingerprint density at radius 2 is 2.00 bits per heavy atom. The number of pyridine rings is 1. The first kappa shape index (κ1) is 26.6. The number of carboxylic acids is 1. The molecule has 1 saturated carbocycles. The average molecular weight is 538 g/mol. The average Bonchev–Trinajstić information content (AvgIpc) is 3.50. The number of carbonyl (C=O) groups excluding carboxylic acids is 1. The van der Waals surface area contributed by atoms with Crippen LogP contribution in [0.25, 0.3) is 0 Å². The number of allylic oxidation sites excluding steroid dienone is 1. The molecule has 1 aromatic rings. The number of aromatic carboxylic acids is 1. The number of carboxylic acid groups (broad SMARTS) is 1. The van der Waals surface area contributed by atoms with E-state index in [0.29, 0.717) is 25.9 Å². The first-order valence-electron chi connectivity index (χ1n) is 12.8. The number of hydrogen-bond donors (Lipinski definition) is 2. The molecule has 1 amide bonds. The highest BCUT2D eigenvalue weighted by Gasteiger charge is 2.58. The summed E-state index contributed by atoms with van der Waals surface area (Å²) in [5, 5.41) is 12.3. The zero-order valence-electron chi connectivity index (χ0n) is 21.9. The van der Waals surface area contributed by atoms with Gasteiger partial charge in [-0.3, -0.25) is 4.79 Å². The lowest BCUT2D eigenvalue weighted by Gasteiger charge is -2.39. The molecule has 10 nitrogen and oxygen atoms in total. The largest absolute Gasteiger partial charge is 0.477 e. The summed E-state index contributed by atoms with van der Waals surface area (Å²) >= 11 is 0. The van der Waals surface area contributed by atoms with E-state index in [4.69, 9.17) is 14.2 Å². The number of carbonyl (C=O) groups is 2. The summed E-state index contributed by atoms with van der Waals surface area (Å²) in [6, 6.07) is -0.208. The molecule has 208 valence electrons. The molecule has 2 aliphatic heterocycles. The molecule has 0 bridgehead atoms. The van der Waals surface area contributed by atoms with E-state index in [9.17, 15) is 19.5 Å². The van der Waals surface area contributed by atoms with Gasteiger partial charge in [-0.25, -0.2) is 14.0 Å². The summed E-state index contributed by atoms with van der Waals surface area (Å²) in [4.78, 5) is 38.6. The summed E-state index contributed by atoms with van der Waals surface area (Å²) in [7, 11) is 1.10. The van der Waals surface area contributed by atoms with E-state index in [0.717, 1.165) is 13.3 Å². The summed E-state index contributed by atoms with van der Waals surface area (Å²) < 4.78 is 51.0. The molecule has 3 fully saturated rings. The maximum atomic E-state index is 17.0. The Hall–Kier alpha value is -2.99. The SMILES string of the molecule is COC1(F)C(N2CC3CCOC3(CNC(=O)OC(C)(C)C)C2)=C(F)Cc2c1n(C1CC1)cc(C(=O)O)c2=O. The Labute approximate surface area is 218 Å². The van der Waals surface area contributed by atoms with Crippen molar-refractivity contribution in [1.82, 2.24) is 14.8 Å². The van der Waals surface area contributed by atoms with Crippen molar-refractivity contribution in [3.8, 4) is 0 Å². The van der Waals surface area contributed by atoms with Crippen molar-refractivity contribution in [2.45, 2.75) is 69.6 Å². The molecule has 2 saturated heterocycles. The minimum absolute atomic E-state index is 0.0848. The maximum absolute atomic E-state index is 17.0. The number of methoxy groups -OCH3 is 1. The van der Waals surface area contributed by atoms with Crippen LogP contribution in [0.2, 0.25) is 0 Å². The van der Waals surface area contributed by atoms with Gasteiger partial charge >= 0.3 is 12.1 Å². The van der Waals surface area contributed by atoms with Crippen molar-refractivity contribution < 1.29 is 37.7 Å². The van der Waals surface area contributed by atoms with Gasteiger partial charge < -0.3 is 34.1 Å². The monoisotopic (exact) mass is 537 g/mol. The number of fused-ring (bicyclic) bond motifs is 2. The van der Waals surface area contributed by atoms with Crippen LogP contribution in [0.3, 0.4) is 0 Å². The Bertz CT molecular complexity index is 1270. The van der Waals surface area contributed by atoms with Crippen LogP contribution < -0.4 is 10.7 Å². The first-order chi connectivity index (χ1) is 17.8. The predicted molar refractivity (Wildman–Crippen MR) is 130 cm³/mol. The molecule has 12 heteroatoms. The molecule has 5 rings (SSSR count). The summed E-state index contributed by atoms with van der Waals surface area (Å²) in [6.07, 6.45) is 1.97. The van der Waals surface area contributed by atoms with Crippen LogP contribution in [0, 0.1) is 5.92 Å². The predicted octanol–water partition coefficient (Wildman–Crippen LogP) is 3.00. The van der Waals surface area contributed by atoms with Crippen LogP contribution in [0.1, 0.15) is 67.7 Å². The van der Waals surface area contributed by atoms with Crippen LogP contribution in [0.15, 0.2) is 22.5 Å². The van der Waals surface area contributed by atoms with Gasteiger partial charge in [-0.15, -0.1) is 0 Å².